The molecule has 1 aliphatic carbocycles. The number of likely N-dealkylation sites (tertiary alicyclic amines) is 1. The molecule has 8 heteroatoms. The highest BCUT2D eigenvalue weighted by molar-refractivity contribution is 5.93. The molecule has 3 fully saturated rings. The molecule has 184 valence electrons. The number of aromatic hydroxyl groups is 2. The summed E-state index contributed by atoms with van der Waals surface area (Å²) in [5, 5.41) is 26.5. The minimum atomic E-state index is -0.445. The number of nitrogens with zero attached hydrogens (tertiary/aromatic N) is 3. The van der Waals surface area contributed by atoms with Crippen LogP contribution >= 0.6 is 0 Å². The Morgan fingerprint density at radius 3 is 2.66 bits per heavy atom. The van der Waals surface area contributed by atoms with Gasteiger partial charge in [0, 0.05) is 43.7 Å². The summed E-state index contributed by atoms with van der Waals surface area (Å²) in [6.45, 7) is 3.96. The third-order valence-corrected chi connectivity index (χ3v) is 8.42. The van der Waals surface area contributed by atoms with Crippen LogP contribution in [0.5, 0.6) is 11.5 Å². The molecule has 2 atom stereocenters. The third kappa shape index (κ3) is 3.89. The molecule has 0 radical (unpaired) electrons. The molecule has 35 heavy (non-hydrogen) atoms. The van der Waals surface area contributed by atoms with Gasteiger partial charge in [0.15, 0.2) is 11.5 Å². The molecule has 3 aliphatic heterocycles. The Morgan fingerprint density at radius 1 is 1.09 bits per heavy atom. The molecule has 1 spiro atoms. The summed E-state index contributed by atoms with van der Waals surface area (Å²) in [4.78, 5) is 22.4. The average molecular weight is 476 g/mol. The number of fused-ring (bicyclic) bond motifs is 3. The molecule has 4 N–H and O–H groups in total. The lowest BCUT2D eigenvalue weighted by Gasteiger charge is -2.43. The SMILES string of the molecule is O=C1NCN(c2ccccc2)C12CCN(CCN=C1CC3c4cc(O)c(O)cc4CCC3N1)CC2. The highest BCUT2D eigenvalue weighted by Crippen LogP contribution is 2.42. The minimum absolute atomic E-state index is 0.0349. The predicted octanol–water partition coefficient (Wildman–Crippen LogP) is 2.32. The van der Waals surface area contributed by atoms with E-state index < -0.39 is 5.54 Å². The lowest BCUT2D eigenvalue weighted by atomic mass is 9.79. The van der Waals surface area contributed by atoms with Crippen molar-refractivity contribution < 1.29 is 15.0 Å². The Balaban J connectivity index is 1.05. The van der Waals surface area contributed by atoms with Crippen molar-refractivity contribution in [3.8, 4) is 11.5 Å². The molecule has 2 unspecified atom stereocenters. The van der Waals surface area contributed by atoms with Gasteiger partial charge < -0.3 is 30.6 Å². The number of aliphatic imine (C=N–C) groups is 1. The molecule has 3 heterocycles. The summed E-state index contributed by atoms with van der Waals surface area (Å²) in [5.41, 5.74) is 2.92. The number of phenols is 2. The number of carbonyl (C=O) groups excluding carboxylic acids is 1. The van der Waals surface area contributed by atoms with Gasteiger partial charge in [0.25, 0.3) is 0 Å². The zero-order chi connectivity index (χ0) is 24.0. The first-order valence-corrected chi connectivity index (χ1v) is 12.7. The van der Waals surface area contributed by atoms with Gasteiger partial charge in [0.2, 0.25) is 5.91 Å². The van der Waals surface area contributed by atoms with Crippen molar-refractivity contribution in [2.75, 3.05) is 37.7 Å². The number of carbonyl (C=O) groups is 1. The van der Waals surface area contributed by atoms with Gasteiger partial charge in [-0.3, -0.25) is 9.79 Å². The van der Waals surface area contributed by atoms with Crippen LogP contribution in [0.15, 0.2) is 47.5 Å². The fraction of sp³-hybridized carbons (Fsp3) is 0.481. The summed E-state index contributed by atoms with van der Waals surface area (Å²) >= 11 is 0. The Bertz CT molecular complexity index is 1140. The second-order valence-corrected chi connectivity index (χ2v) is 10.3. The van der Waals surface area contributed by atoms with Crippen LogP contribution in [0, 0.1) is 0 Å². The first kappa shape index (κ1) is 22.2. The Hall–Kier alpha value is -3.26. The molecule has 0 saturated carbocycles. The second-order valence-electron chi connectivity index (χ2n) is 10.3. The molecular weight excluding hydrogens is 442 g/mol. The van der Waals surface area contributed by atoms with Crippen molar-refractivity contribution in [3.05, 3.63) is 53.6 Å². The molecule has 2 aromatic rings. The first-order chi connectivity index (χ1) is 17.0. The summed E-state index contributed by atoms with van der Waals surface area (Å²) in [5.74, 6) is 1.41. The Labute approximate surface area is 205 Å². The topological polar surface area (TPSA) is 100 Å². The van der Waals surface area contributed by atoms with Crippen molar-refractivity contribution in [1.82, 2.24) is 15.5 Å². The maximum Gasteiger partial charge on any atom is 0.247 e. The number of anilines is 1. The lowest BCUT2D eigenvalue weighted by molar-refractivity contribution is -0.125. The molecule has 8 nitrogen and oxygen atoms in total. The number of benzene rings is 2. The van der Waals surface area contributed by atoms with E-state index in [1.165, 1.54) is 0 Å². The molecule has 1 amide bonds. The van der Waals surface area contributed by atoms with Crippen molar-refractivity contribution >= 4 is 17.4 Å². The number of hydrogen-bond acceptors (Lipinski definition) is 6. The predicted molar refractivity (Wildman–Crippen MR) is 135 cm³/mol. The third-order valence-electron chi connectivity index (χ3n) is 8.42. The number of aryl methyl sites for hydroxylation is 1. The van der Waals surface area contributed by atoms with E-state index in [9.17, 15) is 15.0 Å². The van der Waals surface area contributed by atoms with Gasteiger partial charge in [-0.15, -0.1) is 0 Å². The van der Waals surface area contributed by atoms with Gasteiger partial charge in [-0.25, -0.2) is 0 Å². The van der Waals surface area contributed by atoms with Crippen molar-refractivity contribution in [3.63, 3.8) is 0 Å². The summed E-state index contributed by atoms with van der Waals surface area (Å²) in [7, 11) is 0. The number of piperidine rings is 1. The van der Waals surface area contributed by atoms with Crippen LogP contribution in [0.25, 0.3) is 0 Å². The highest BCUT2D eigenvalue weighted by Gasteiger charge is 2.50. The van der Waals surface area contributed by atoms with Gasteiger partial charge in [-0.1, -0.05) is 18.2 Å². The van der Waals surface area contributed by atoms with E-state index >= 15 is 0 Å². The molecule has 0 bridgehead atoms. The van der Waals surface area contributed by atoms with Gasteiger partial charge >= 0.3 is 0 Å². The molecule has 0 aromatic heterocycles. The van der Waals surface area contributed by atoms with Crippen LogP contribution < -0.4 is 15.5 Å². The smallest absolute Gasteiger partial charge is 0.247 e. The van der Waals surface area contributed by atoms with Crippen LogP contribution in [0.3, 0.4) is 0 Å². The van der Waals surface area contributed by atoms with E-state index in [2.05, 4.69) is 32.6 Å². The fourth-order valence-electron chi connectivity index (χ4n) is 6.45. The Kier molecular flexibility index (Phi) is 5.56. The number of phenolic OH excluding ortho intramolecular Hbond substituents is 2. The lowest BCUT2D eigenvalue weighted by Crippen LogP contribution is -2.56. The number of amides is 1. The maximum atomic E-state index is 12.8. The fourth-order valence-corrected chi connectivity index (χ4v) is 6.45. The number of hydrogen-bond donors (Lipinski definition) is 4. The number of nitrogens with one attached hydrogen (secondary N) is 2. The van der Waals surface area contributed by atoms with Crippen molar-refractivity contribution in [2.45, 2.75) is 49.6 Å². The van der Waals surface area contributed by atoms with E-state index in [-0.39, 0.29) is 17.4 Å². The van der Waals surface area contributed by atoms with E-state index in [0.717, 1.165) is 80.9 Å². The standard InChI is InChI=1S/C27H33N5O3/c33-23-14-18-6-7-22-21(20(18)15-24(23)34)16-25(30-22)28-10-13-31-11-8-27(9-12-31)26(35)29-17-32(27)19-4-2-1-3-5-19/h1-5,14-15,21-22,33-34H,6-13,16-17H2,(H,28,30)(H,29,35). The van der Waals surface area contributed by atoms with Gasteiger partial charge in [-0.2, -0.15) is 0 Å². The van der Waals surface area contributed by atoms with Gasteiger partial charge in [0.05, 0.1) is 19.0 Å². The number of para-hydroxylation sites is 1. The molecular formula is C27H33N5O3. The Morgan fingerprint density at radius 2 is 1.86 bits per heavy atom. The zero-order valence-corrected chi connectivity index (χ0v) is 19.9. The molecule has 2 aromatic carbocycles. The summed E-state index contributed by atoms with van der Waals surface area (Å²) in [6, 6.07) is 14.0. The number of rotatable bonds is 4. The average Bonchev–Trinajstić information content (AvgIpc) is 3.43. The minimum Gasteiger partial charge on any atom is -0.504 e. The van der Waals surface area contributed by atoms with Crippen LogP contribution in [0.1, 0.15) is 42.7 Å². The largest absolute Gasteiger partial charge is 0.504 e. The normalized spacial score (nSPS) is 26.5. The summed E-state index contributed by atoms with van der Waals surface area (Å²) in [6.07, 6.45) is 4.39. The highest BCUT2D eigenvalue weighted by atomic mass is 16.3. The van der Waals surface area contributed by atoms with Crippen molar-refractivity contribution in [2.24, 2.45) is 4.99 Å². The molecule has 4 aliphatic rings. The number of amidine groups is 1. The van der Waals surface area contributed by atoms with Crippen LogP contribution in [0.2, 0.25) is 0 Å². The van der Waals surface area contributed by atoms with Gasteiger partial charge in [0.1, 0.15) is 5.54 Å². The van der Waals surface area contributed by atoms with E-state index in [1.54, 1.807) is 12.1 Å². The van der Waals surface area contributed by atoms with E-state index in [0.29, 0.717) is 18.6 Å². The van der Waals surface area contributed by atoms with Crippen LogP contribution in [-0.2, 0) is 11.2 Å². The first-order valence-electron chi connectivity index (χ1n) is 12.7. The van der Waals surface area contributed by atoms with E-state index in [4.69, 9.17) is 4.99 Å². The molecule has 3 saturated heterocycles. The summed E-state index contributed by atoms with van der Waals surface area (Å²) < 4.78 is 0. The second kappa shape index (κ2) is 8.75. The van der Waals surface area contributed by atoms with Crippen LogP contribution in [-0.4, -0.2) is 71.3 Å². The monoisotopic (exact) mass is 475 g/mol. The van der Waals surface area contributed by atoms with Crippen LogP contribution in [0.4, 0.5) is 5.69 Å². The van der Waals surface area contributed by atoms with Crippen molar-refractivity contribution in [1.29, 1.82) is 0 Å². The maximum absolute atomic E-state index is 12.8. The zero-order valence-electron chi connectivity index (χ0n) is 19.9. The quantitative estimate of drug-likeness (QED) is 0.507. The van der Waals surface area contributed by atoms with E-state index in [1.807, 2.05) is 18.2 Å². The molecule has 6 rings (SSSR count). The van der Waals surface area contributed by atoms with Gasteiger partial charge in [-0.05, 0) is 61.1 Å².